The van der Waals surface area contributed by atoms with Crippen molar-refractivity contribution in [1.82, 2.24) is 14.9 Å². The number of ether oxygens (including phenoxy) is 1. The number of nitrogens with zero attached hydrogens (tertiary/aromatic N) is 3. The molecule has 0 fully saturated rings. The van der Waals surface area contributed by atoms with Gasteiger partial charge in [0.1, 0.15) is 11.6 Å². The van der Waals surface area contributed by atoms with Gasteiger partial charge in [-0.1, -0.05) is 11.6 Å². The first-order valence-electron chi connectivity index (χ1n) is 4.05. The predicted octanol–water partition coefficient (Wildman–Crippen LogP) is 1.72. The predicted molar refractivity (Wildman–Crippen MR) is 56.1 cm³/mol. The highest BCUT2D eigenvalue weighted by Gasteiger charge is 2.05. The van der Waals surface area contributed by atoms with Gasteiger partial charge in [-0.15, -0.1) is 0 Å². The maximum absolute atomic E-state index is 5.79. The van der Waals surface area contributed by atoms with Crippen molar-refractivity contribution in [3.63, 3.8) is 0 Å². The summed E-state index contributed by atoms with van der Waals surface area (Å²) >= 11 is 11.4. The molecule has 1 rings (SSSR count). The topological polar surface area (TPSA) is 38.2 Å². The van der Waals surface area contributed by atoms with Gasteiger partial charge in [0.25, 0.3) is 0 Å². The van der Waals surface area contributed by atoms with Crippen molar-refractivity contribution in [2.45, 2.75) is 0 Å². The van der Waals surface area contributed by atoms with Gasteiger partial charge >= 0.3 is 0 Å². The van der Waals surface area contributed by atoms with Crippen LogP contribution in [0.5, 0.6) is 5.88 Å². The second-order valence-corrected chi connectivity index (χ2v) is 3.69. The fourth-order valence-electron chi connectivity index (χ4n) is 0.757. The van der Waals surface area contributed by atoms with Gasteiger partial charge in [-0.05, 0) is 25.7 Å². The normalized spacial score (nSPS) is 10.6. The minimum atomic E-state index is 0.134. The van der Waals surface area contributed by atoms with Gasteiger partial charge in [0.2, 0.25) is 11.2 Å². The van der Waals surface area contributed by atoms with Crippen LogP contribution in [0, 0.1) is 0 Å². The molecule has 1 heterocycles. The lowest BCUT2D eigenvalue weighted by Crippen LogP contribution is -2.19. The highest BCUT2D eigenvalue weighted by molar-refractivity contribution is 6.32. The number of hydrogen-bond donors (Lipinski definition) is 0. The largest absolute Gasteiger partial charge is 0.475 e. The quantitative estimate of drug-likeness (QED) is 0.746. The molecule has 0 amide bonds. The van der Waals surface area contributed by atoms with E-state index in [2.05, 4.69) is 9.97 Å². The molecule has 4 nitrogen and oxygen atoms in total. The number of rotatable bonds is 4. The first kappa shape index (κ1) is 11.5. The number of likely N-dealkylation sites (N-methyl/N-ethyl adjacent to an activating group) is 1. The zero-order valence-electron chi connectivity index (χ0n) is 8.00. The van der Waals surface area contributed by atoms with Crippen molar-refractivity contribution in [2.75, 3.05) is 27.2 Å². The zero-order valence-corrected chi connectivity index (χ0v) is 9.51. The molecule has 0 bridgehead atoms. The third-order valence-corrected chi connectivity index (χ3v) is 1.90. The van der Waals surface area contributed by atoms with Crippen molar-refractivity contribution < 1.29 is 4.74 Å². The molecule has 78 valence electrons. The fourth-order valence-corrected chi connectivity index (χ4v) is 1.03. The minimum Gasteiger partial charge on any atom is -0.475 e. The average molecular weight is 236 g/mol. The van der Waals surface area contributed by atoms with Crippen LogP contribution in [0.25, 0.3) is 0 Å². The van der Waals surface area contributed by atoms with E-state index < -0.39 is 0 Å². The van der Waals surface area contributed by atoms with Crippen LogP contribution >= 0.6 is 23.2 Å². The lowest BCUT2D eigenvalue weighted by Gasteiger charge is -2.10. The summed E-state index contributed by atoms with van der Waals surface area (Å²) in [6.45, 7) is 1.30. The van der Waals surface area contributed by atoms with Gasteiger partial charge in [0, 0.05) is 6.54 Å². The Labute approximate surface area is 92.8 Å². The highest BCUT2D eigenvalue weighted by atomic mass is 35.5. The molecule has 0 N–H and O–H groups in total. The molecule has 0 aliphatic carbocycles. The Hall–Kier alpha value is -0.580. The molecule has 1 aromatic rings. The first-order chi connectivity index (χ1) is 6.59. The van der Waals surface area contributed by atoms with Gasteiger partial charge in [-0.3, -0.25) is 0 Å². The third kappa shape index (κ3) is 3.65. The van der Waals surface area contributed by atoms with E-state index in [0.717, 1.165) is 6.54 Å². The summed E-state index contributed by atoms with van der Waals surface area (Å²) in [5, 5.41) is 0.502. The maximum Gasteiger partial charge on any atom is 0.237 e. The Morgan fingerprint density at radius 3 is 2.79 bits per heavy atom. The van der Waals surface area contributed by atoms with Crippen LogP contribution in [0.4, 0.5) is 0 Å². The molecule has 0 aliphatic heterocycles. The Bertz CT molecular complexity index is 307. The molecule has 6 heteroatoms. The molecule has 0 radical (unpaired) electrons. The summed E-state index contributed by atoms with van der Waals surface area (Å²) in [4.78, 5) is 9.56. The third-order valence-electron chi connectivity index (χ3n) is 1.46. The van der Waals surface area contributed by atoms with Crippen LogP contribution in [-0.2, 0) is 0 Å². The molecule has 0 unspecified atom stereocenters. The Kier molecular flexibility index (Phi) is 4.38. The average Bonchev–Trinajstić information content (AvgIpc) is 2.10. The van der Waals surface area contributed by atoms with Crippen LogP contribution in [0.3, 0.4) is 0 Å². The summed E-state index contributed by atoms with van der Waals surface area (Å²) in [7, 11) is 3.91. The fraction of sp³-hybridized carbons (Fsp3) is 0.500. The monoisotopic (exact) mass is 235 g/mol. The van der Waals surface area contributed by atoms with Crippen molar-refractivity contribution in [1.29, 1.82) is 0 Å². The van der Waals surface area contributed by atoms with Crippen LogP contribution in [0.2, 0.25) is 10.3 Å². The summed E-state index contributed by atoms with van der Waals surface area (Å²) < 4.78 is 5.32. The van der Waals surface area contributed by atoms with Crippen LogP contribution < -0.4 is 4.74 Å². The molecule has 0 saturated heterocycles. The minimum absolute atomic E-state index is 0.134. The Morgan fingerprint density at radius 1 is 1.43 bits per heavy atom. The SMILES string of the molecule is CN(C)CCOc1nc(Cl)ncc1Cl. The Balaban J connectivity index is 2.53. The number of hydrogen-bond acceptors (Lipinski definition) is 4. The summed E-state index contributed by atoms with van der Waals surface area (Å²) in [5.41, 5.74) is 0. The van der Waals surface area contributed by atoms with Crippen LogP contribution in [0.15, 0.2) is 6.20 Å². The maximum atomic E-state index is 5.79. The van der Waals surface area contributed by atoms with Crippen molar-refractivity contribution in [3.8, 4) is 5.88 Å². The second-order valence-electron chi connectivity index (χ2n) is 2.94. The molecule has 0 spiro atoms. The highest BCUT2D eigenvalue weighted by Crippen LogP contribution is 2.21. The van der Waals surface area contributed by atoms with Crippen LogP contribution in [-0.4, -0.2) is 42.1 Å². The molecule has 0 atom stereocenters. The van der Waals surface area contributed by atoms with E-state index in [-0.39, 0.29) is 5.28 Å². The molecular weight excluding hydrogens is 225 g/mol. The smallest absolute Gasteiger partial charge is 0.237 e. The lowest BCUT2D eigenvalue weighted by atomic mass is 10.6. The molecule has 0 aromatic carbocycles. The van der Waals surface area contributed by atoms with Gasteiger partial charge in [0.15, 0.2) is 0 Å². The molecule has 0 saturated carbocycles. The standard InChI is InChI=1S/C8H11Cl2N3O/c1-13(2)3-4-14-7-6(9)5-11-8(10)12-7/h5H,3-4H2,1-2H3. The van der Waals surface area contributed by atoms with Gasteiger partial charge < -0.3 is 9.64 Å². The van der Waals surface area contributed by atoms with Gasteiger partial charge in [-0.25, -0.2) is 4.98 Å². The van der Waals surface area contributed by atoms with Crippen LogP contribution in [0.1, 0.15) is 0 Å². The van der Waals surface area contributed by atoms with E-state index >= 15 is 0 Å². The summed E-state index contributed by atoms with van der Waals surface area (Å²) in [6.07, 6.45) is 1.42. The summed E-state index contributed by atoms with van der Waals surface area (Å²) in [5.74, 6) is 0.327. The van der Waals surface area contributed by atoms with E-state index in [1.807, 2.05) is 19.0 Å². The van der Waals surface area contributed by atoms with Gasteiger partial charge in [-0.2, -0.15) is 4.98 Å². The van der Waals surface area contributed by atoms with Gasteiger partial charge in [0.05, 0.1) is 6.20 Å². The molecular formula is C8H11Cl2N3O. The van der Waals surface area contributed by atoms with E-state index in [4.69, 9.17) is 27.9 Å². The lowest BCUT2D eigenvalue weighted by molar-refractivity contribution is 0.253. The van der Waals surface area contributed by atoms with E-state index in [1.54, 1.807) is 0 Å². The summed E-state index contributed by atoms with van der Waals surface area (Å²) in [6, 6.07) is 0. The number of aromatic nitrogens is 2. The zero-order chi connectivity index (χ0) is 10.6. The van der Waals surface area contributed by atoms with E-state index in [0.29, 0.717) is 17.5 Å². The molecule has 14 heavy (non-hydrogen) atoms. The number of halogens is 2. The van der Waals surface area contributed by atoms with E-state index in [1.165, 1.54) is 6.20 Å². The van der Waals surface area contributed by atoms with Crippen molar-refractivity contribution in [3.05, 3.63) is 16.5 Å². The molecule has 1 aromatic heterocycles. The van der Waals surface area contributed by atoms with Crippen molar-refractivity contribution in [2.24, 2.45) is 0 Å². The Morgan fingerprint density at radius 2 is 2.14 bits per heavy atom. The first-order valence-corrected chi connectivity index (χ1v) is 4.81. The van der Waals surface area contributed by atoms with E-state index in [9.17, 15) is 0 Å². The second kappa shape index (κ2) is 5.34. The van der Waals surface area contributed by atoms with Crippen molar-refractivity contribution >= 4 is 23.2 Å². The molecule has 0 aliphatic rings.